The van der Waals surface area contributed by atoms with Crippen LogP contribution in [0.15, 0.2) is 41.5 Å². The van der Waals surface area contributed by atoms with Crippen LogP contribution in [-0.2, 0) is 7.05 Å². The van der Waals surface area contributed by atoms with Gasteiger partial charge in [-0.1, -0.05) is 26.7 Å². The second kappa shape index (κ2) is 7.02. The maximum atomic E-state index is 12.2. The van der Waals surface area contributed by atoms with Gasteiger partial charge < -0.3 is 0 Å². The molecule has 0 amide bonds. The molecule has 0 aliphatic carbocycles. The van der Waals surface area contributed by atoms with E-state index in [4.69, 9.17) is 0 Å². The second-order valence-corrected chi connectivity index (χ2v) is 5.18. The van der Waals surface area contributed by atoms with E-state index in [1.165, 1.54) is 17.4 Å². The summed E-state index contributed by atoms with van der Waals surface area (Å²) in [5.74, 6) is 0. The van der Waals surface area contributed by atoms with Crippen LogP contribution in [0.4, 0.5) is 0 Å². The van der Waals surface area contributed by atoms with E-state index >= 15 is 0 Å². The van der Waals surface area contributed by atoms with Crippen LogP contribution in [0, 0.1) is 6.92 Å². The molecule has 3 rings (SSSR count). The topological polar surface area (TPSA) is 52.7 Å². The molecule has 0 aliphatic heterocycles. The van der Waals surface area contributed by atoms with Crippen molar-refractivity contribution in [2.75, 3.05) is 0 Å². The summed E-state index contributed by atoms with van der Waals surface area (Å²) in [5, 5.41) is 0. The minimum absolute atomic E-state index is 0.116. The van der Waals surface area contributed by atoms with E-state index in [-0.39, 0.29) is 5.69 Å². The molecule has 3 aromatic heterocycles. The number of rotatable bonds is 2. The number of aryl methyl sites for hydroxylation is 2. The average molecular weight is 298 g/mol. The van der Waals surface area contributed by atoms with Gasteiger partial charge in [0, 0.05) is 18.9 Å². The third-order valence-corrected chi connectivity index (χ3v) is 3.46. The van der Waals surface area contributed by atoms with E-state index in [0.29, 0.717) is 5.65 Å². The predicted octanol–water partition coefficient (Wildman–Crippen LogP) is 3.23. The molecular weight excluding hydrogens is 276 g/mol. The number of nitrogens with zero attached hydrogens (tertiary/aromatic N) is 4. The molecule has 0 fully saturated rings. The van der Waals surface area contributed by atoms with Gasteiger partial charge in [0.15, 0.2) is 5.65 Å². The predicted molar refractivity (Wildman–Crippen MR) is 89.4 cm³/mol. The Morgan fingerprint density at radius 3 is 2.41 bits per heavy atom. The Bertz CT molecular complexity index is 798. The molecule has 3 heterocycles. The molecule has 0 aromatic carbocycles. The number of hydrogen-bond acceptors (Lipinski definition) is 3. The third-order valence-electron chi connectivity index (χ3n) is 3.46. The van der Waals surface area contributed by atoms with Crippen molar-refractivity contribution in [1.29, 1.82) is 0 Å². The fraction of sp³-hybridized carbons (Fsp3) is 0.353. The Balaban J connectivity index is 0.000000396. The zero-order valence-corrected chi connectivity index (χ0v) is 13.6. The zero-order chi connectivity index (χ0) is 16.1. The number of pyridine rings is 2. The Morgan fingerprint density at radius 2 is 1.82 bits per heavy atom. The van der Waals surface area contributed by atoms with Crippen LogP contribution in [0.3, 0.4) is 0 Å². The largest absolute Gasteiger partial charge is 0.334 e. The molecule has 0 atom stereocenters. The zero-order valence-electron chi connectivity index (χ0n) is 13.6. The monoisotopic (exact) mass is 298 g/mol. The van der Waals surface area contributed by atoms with E-state index in [1.54, 1.807) is 24.0 Å². The molecule has 22 heavy (non-hydrogen) atoms. The lowest BCUT2D eigenvalue weighted by Crippen LogP contribution is -2.21. The van der Waals surface area contributed by atoms with Crippen LogP contribution in [0.5, 0.6) is 0 Å². The maximum absolute atomic E-state index is 12.2. The molecular formula is C17H22N4O. The molecule has 5 nitrogen and oxygen atoms in total. The smallest absolute Gasteiger partial charge is 0.279 e. The SMILES string of the molecule is CCCC.Cc1ccc(-n2c(=O)n(C)c3ncccc32)cn1. The molecule has 0 saturated heterocycles. The minimum atomic E-state index is -0.116. The molecule has 0 radical (unpaired) electrons. The summed E-state index contributed by atoms with van der Waals surface area (Å²) in [5.41, 5.74) is 3.02. The van der Waals surface area contributed by atoms with Crippen molar-refractivity contribution >= 4 is 11.2 Å². The highest BCUT2D eigenvalue weighted by Gasteiger charge is 2.12. The van der Waals surface area contributed by atoms with Crippen LogP contribution in [0.2, 0.25) is 0 Å². The van der Waals surface area contributed by atoms with Crippen molar-refractivity contribution in [2.45, 2.75) is 33.6 Å². The van der Waals surface area contributed by atoms with Crippen LogP contribution in [-0.4, -0.2) is 19.1 Å². The number of imidazole rings is 1. The van der Waals surface area contributed by atoms with Gasteiger partial charge in [-0.25, -0.2) is 9.78 Å². The van der Waals surface area contributed by atoms with E-state index in [0.717, 1.165) is 16.9 Å². The summed E-state index contributed by atoms with van der Waals surface area (Å²) in [7, 11) is 1.72. The number of unbranched alkanes of at least 4 members (excludes halogenated alkanes) is 1. The quantitative estimate of drug-likeness (QED) is 0.730. The van der Waals surface area contributed by atoms with Crippen LogP contribution in [0.1, 0.15) is 32.4 Å². The van der Waals surface area contributed by atoms with Crippen molar-refractivity contribution in [3.05, 3.63) is 52.8 Å². The van der Waals surface area contributed by atoms with E-state index < -0.39 is 0 Å². The first-order valence-electron chi connectivity index (χ1n) is 7.55. The highest BCUT2D eigenvalue weighted by molar-refractivity contribution is 5.73. The van der Waals surface area contributed by atoms with Gasteiger partial charge in [0.25, 0.3) is 0 Å². The van der Waals surface area contributed by atoms with E-state index in [1.807, 2.05) is 31.2 Å². The van der Waals surface area contributed by atoms with Crippen molar-refractivity contribution in [3.8, 4) is 5.69 Å². The number of aromatic nitrogens is 4. The van der Waals surface area contributed by atoms with Gasteiger partial charge >= 0.3 is 5.69 Å². The minimum Gasteiger partial charge on any atom is -0.279 e. The molecule has 0 saturated carbocycles. The molecule has 116 valence electrons. The van der Waals surface area contributed by atoms with Gasteiger partial charge in [-0.2, -0.15) is 0 Å². The summed E-state index contributed by atoms with van der Waals surface area (Å²) in [4.78, 5) is 20.7. The Labute approximate surface area is 130 Å². The fourth-order valence-corrected chi connectivity index (χ4v) is 2.01. The second-order valence-electron chi connectivity index (χ2n) is 5.18. The fourth-order valence-electron chi connectivity index (χ4n) is 2.01. The lowest BCUT2D eigenvalue weighted by atomic mass is 10.3. The average Bonchev–Trinajstić information content (AvgIpc) is 2.81. The molecule has 0 bridgehead atoms. The summed E-state index contributed by atoms with van der Waals surface area (Å²) >= 11 is 0. The first-order valence-corrected chi connectivity index (χ1v) is 7.55. The van der Waals surface area contributed by atoms with Gasteiger partial charge in [0.05, 0.1) is 17.4 Å². The Kier molecular flexibility index (Phi) is 5.09. The molecule has 0 N–H and O–H groups in total. The number of hydrogen-bond donors (Lipinski definition) is 0. The normalized spacial score (nSPS) is 10.4. The van der Waals surface area contributed by atoms with Crippen molar-refractivity contribution in [3.63, 3.8) is 0 Å². The molecule has 0 unspecified atom stereocenters. The summed E-state index contributed by atoms with van der Waals surface area (Å²) in [6.07, 6.45) is 6.02. The van der Waals surface area contributed by atoms with E-state index in [2.05, 4.69) is 23.8 Å². The molecule has 0 aliphatic rings. The van der Waals surface area contributed by atoms with Crippen LogP contribution in [0.25, 0.3) is 16.9 Å². The highest BCUT2D eigenvalue weighted by atomic mass is 16.1. The van der Waals surface area contributed by atoms with Gasteiger partial charge in [0.2, 0.25) is 0 Å². The van der Waals surface area contributed by atoms with E-state index in [9.17, 15) is 4.79 Å². The highest BCUT2D eigenvalue weighted by Crippen LogP contribution is 2.14. The van der Waals surface area contributed by atoms with Gasteiger partial charge in [-0.15, -0.1) is 0 Å². The number of fused-ring (bicyclic) bond motifs is 1. The van der Waals surface area contributed by atoms with Gasteiger partial charge in [0.1, 0.15) is 0 Å². The van der Waals surface area contributed by atoms with Crippen LogP contribution >= 0.6 is 0 Å². The Morgan fingerprint density at radius 1 is 1.09 bits per heavy atom. The van der Waals surface area contributed by atoms with Crippen LogP contribution < -0.4 is 5.69 Å². The third kappa shape index (κ3) is 3.08. The maximum Gasteiger partial charge on any atom is 0.334 e. The summed E-state index contributed by atoms with van der Waals surface area (Å²) in [6.45, 7) is 6.28. The summed E-state index contributed by atoms with van der Waals surface area (Å²) in [6, 6.07) is 7.47. The van der Waals surface area contributed by atoms with Crippen molar-refractivity contribution in [2.24, 2.45) is 7.05 Å². The first kappa shape index (κ1) is 15.9. The standard InChI is InChI=1S/C13H12N4O.C4H10/c1-9-5-6-10(8-15-9)17-11-4-3-7-14-12(11)16(2)13(17)18;1-3-4-2/h3-8H,1-2H3;3-4H2,1-2H3. The van der Waals surface area contributed by atoms with Crippen molar-refractivity contribution < 1.29 is 0 Å². The Hall–Kier alpha value is -2.43. The molecule has 3 aromatic rings. The lowest BCUT2D eigenvalue weighted by molar-refractivity contribution is 0.836. The molecule has 0 spiro atoms. The first-order chi connectivity index (χ1) is 10.6. The van der Waals surface area contributed by atoms with Gasteiger partial charge in [-0.05, 0) is 31.2 Å². The lowest BCUT2D eigenvalue weighted by Gasteiger charge is -2.02. The van der Waals surface area contributed by atoms with Gasteiger partial charge in [-0.3, -0.25) is 14.1 Å². The van der Waals surface area contributed by atoms with Crippen molar-refractivity contribution in [1.82, 2.24) is 19.1 Å². The molecule has 5 heteroatoms. The summed E-state index contributed by atoms with van der Waals surface area (Å²) < 4.78 is 3.16.